The van der Waals surface area contributed by atoms with E-state index >= 15 is 0 Å². The monoisotopic (exact) mass is 366 g/mol. The van der Waals surface area contributed by atoms with Gasteiger partial charge in [-0.15, -0.1) is 0 Å². The fraction of sp³-hybridized carbons (Fsp3) is 0.200. The Balaban J connectivity index is 1.60. The quantitative estimate of drug-likeness (QED) is 0.664. The van der Waals surface area contributed by atoms with Gasteiger partial charge in [0, 0.05) is 48.8 Å². The highest BCUT2D eigenvalue weighted by atomic mass is 35.5. The summed E-state index contributed by atoms with van der Waals surface area (Å²) in [4.78, 5) is 16.6. The summed E-state index contributed by atoms with van der Waals surface area (Å²) in [6.07, 6.45) is 1.65. The van der Waals surface area contributed by atoms with Gasteiger partial charge in [-0.1, -0.05) is 29.8 Å². The lowest BCUT2D eigenvalue weighted by Gasteiger charge is -2.35. The zero-order chi connectivity index (χ0) is 18.4. The van der Waals surface area contributed by atoms with Crippen molar-refractivity contribution in [2.45, 2.75) is 0 Å². The average Bonchev–Trinajstić information content (AvgIpc) is 2.69. The van der Waals surface area contributed by atoms with Gasteiger partial charge in [-0.25, -0.2) is 0 Å². The molecule has 1 aliphatic rings. The number of hydrogen-bond donors (Lipinski definition) is 1. The molecule has 0 spiro atoms. The first-order valence-corrected chi connectivity index (χ1v) is 8.76. The zero-order valence-electron chi connectivity index (χ0n) is 14.2. The second-order valence-corrected chi connectivity index (χ2v) is 6.41. The number of carbonyl (C=O) groups excluding carboxylic acids is 1. The molecule has 26 heavy (non-hydrogen) atoms. The summed E-state index contributed by atoms with van der Waals surface area (Å²) >= 11 is 5.84. The van der Waals surface area contributed by atoms with E-state index in [1.807, 2.05) is 29.2 Å². The minimum absolute atomic E-state index is 0.0908. The second-order valence-electron chi connectivity index (χ2n) is 5.97. The highest BCUT2D eigenvalue weighted by Gasteiger charge is 2.17. The maximum Gasteiger partial charge on any atom is 0.267 e. The average molecular weight is 367 g/mol. The lowest BCUT2D eigenvalue weighted by Crippen LogP contribution is -2.44. The molecule has 0 saturated carbocycles. The first-order chi connectivity index (χ1) is 12.7. The van der Waals surface area contributed by atoms with E-state index in [4.69, 9.17) is 11.6 Å². The molecular formula is C20H19ClN4O. The van der Waals surface area contributed by atoms with Crippen LogP contribution in [0.3, 0.4) is 0 Å². The van der Waals surface area contributed by atoms with Crippen LogP contribution in [0.25, 0.3) is 0 Å². The van der Waals surface area contributed by atoms with Crippen molar-refractivity contribution in [1.82, 2.24) is 4.90 Å². The van der Waals surface area contributed by atoms with Crippen molar-refractivity contribution >= 4 is 28.9 Å². The molecule has 2 aromatic rings. The summed E-state index contributed by atoms with van der Waals surface area (Å²) in [5.41, 5.74) is 1.89. The van der Waals surface area contributed by atoms with E-state index in [-0.39, 0.29) is 5.57 Å². The van der Waals surface area contributed by atoms with Crippen LogP contribution in [0.1, 0.15) is 0 Å². The Hall–Kier alpha value is -2.97. The summed E-state index contributed by atoms with van der Waals surface area (Å²) in [7, 11) is 0. The van der Waals surface area contributed by atoms with Gasteiger partial charge < -0.3 is 15.1 Å². The first-order valence-electron chi connectivity index (χ1n) is 8.38. The van der Waals surface area contributed by atoms with E-state index in [1.54, 1.807) is 30.5 Å². The number of nitriles is 1. The number of amides is 1. The van der Waals surface area contributed by atoms with Crippen LogP contribution >= 0.6 is 11.6 Å². The fourth-order valence-electron chi connectivity index (χ4n) is 2.80. The largest absolute Gasteiger partial charge is 0.373 e. The number of para-hydroxylation sites is 1. The van der Waals surface area contributed by atoms with Crippen LogP contribution in [0.2, 0.25) is 5.02 Å². The molecule has 0 bridgehead atoms. The molecule has 3 rings (SSSR count). The molecule has 1 amide bonds. The Labute approximate surface area is 158 Å². The standard InChI is InChI=1S/C20H19ClN4O/c21-17-6-8-18(9-7-17)23-20(26)16(14-22)15-24-10-12-25(13-11-24)19-4-2-1-3-5-19/h1-9,15H,10-13H2,(H,23,26)/b16-15-. The molecule has 2 aromatic carbocycles. The molecule has 0 unspecified atom stereocenters. The van der Waals surface area contributed by atoms with Crippen LogP contribution in [0.5, 0.6) is 0 Å². The Kier molecular flexibility index (Phi) is 5.77. The maximum absolute atomic E-state index is 12.3. The number of nitrogens with zero attached hydrogens (tertiary/aromatic N) is 3. The van der Waals surface area contributed by atoms with Crippen LogP contribution in [-0.4, -0.2) is 37.0 Å². The van der Waals surface area contributed by atoms with Crippen LogP contribution in [-0.2, 0) is 4.79 Å². The van der Waals surface area contributed by atoms with Gasteiger partial charge in [0.15, 0.2) is 0 Å². The third-order valence-electron chi connectivity index (χ3n) is 4.21. The summed E-state index contributed by atoms with van der Waals surface area (Å²) in [5, 5.41) is 12.7. The third-order valence-corrected chi connectivity index (χ3v) is 4.47. The van der Waals surface area contributed by atoms with E-state index in [1.165, 1.54) is 5.69 Å². The maximum atomic E-state index is 12.3. The predicted molar refractivity (Wildman–Crippen MR) is 104 cm³/mol. The number of halogens is 1. The number of nitrogens with one attached hydrogen (secondary N) is 1. The van der Waals surface area contributed by atoms with E-state index in [9.17, 15) is 10.1 Å². The van der Waals surface area contributed by atoms with Crippen molar-refractivity contribution < 1.29 is 4.79 Å². The minimum Gasteiger partial charge on any atom is -0.373 e. The molecule has 132 valence electrons. The van der Waals surface area contributed by atoms with Crippen LogP contribution in [0.15, 0.2) is 66.4 Å². The highest BCUT2D eigenvalue weighted by Crippen LogP contribution is 2.17. The number of piperazine rings is 1. The molecular weight excluding hydrogens is 348 g/mol. The lowest BCUT2D eigenvalue weighted by atomic mass is 10.2. The molecule has 1 fully saturated rings. The van der Waals surface area contributed by atoms with Crippen LogP contribution in [0.4, 0.5) is 11.4 Å². The molecule has 0 aromatic heterocycles. The molecule has 1 N–H and O–H groups in total. The Bertz CT molecular complexity index is 819. The van der Waals surface area contributed by atoms with E-state index in [0.29, 0.717) is 10.7 Å². The number of benzene rings is 2. The molecule has 0 atom stereocenters. The van der Waals surface area contributed by atoms with E-state index in [2.05, 4.69) is 22.3 Å². The number of hydrogen-bond acceptors (Lipinski definition) is 4. The molecule has 6 heteroatoms. The topological polar surface area (TPSA) is 59.4 Å². The summed E-state index contributed by atoms with van der Waals surface area (Å²) in [6, 6.07) is 19.0. The summed E-state index contributed by atoms with van der Waals surface area (Å²) in [5.74, 6) is -0.416. The molecule has 0 radical (unpaired) electrons. The second kappa shape index (κ2) is 8.41. The first kappa shape index (κ1) is 17.8. The Morgan fingerprint density at radius 2 is 1.69 bits per heavy atom. The van der Waals surface area contributed by atoms with Crippen LogP contribution in [0, 0.1) is 11.3 Å². The number of anilines is 2. The van der Waals surface area contributed by atoms with Crippen molar-refractivity contribution in [2.24, 2.45) is 0 Å². The number of rotatable bonds is 4. The Morgan fingerprint density at radius 1 is 1.04 bits per heavy atom. The van der Waals surface area contributed by atoms with Crippen LogP contribution < -0.4 is 10.2 Å². The molecule has 5 nitrogen and oxygen atoms in total. The lowest BCUT2D eigenvalue weighted by molar-refractivity contribution is -0.112. The van der Waals surface area contributed by atoms with Gasteiger partial charge in [-0.3, -0.25) is 4.79 Å². The molecule has 1 aliphatic heterocycles. The van der Waals surface area contributed by atoms with Gasteiger partial charge in [0.25, 0.3) is 5.91 Å². The summed E-state index contributed by atoms with van der Waals surface area (Å²) in [6.45, 7) is 3.21. The minimum atomic E-state index is -0.416. The SMILES string of the molecule is N#C/C(=C/N1CCN(c2ccccc2)CC1)C(=O)Nc1ccc(Cl)cc1. The molecule has 0 aliphatic carbocycles. The van der Waals surface area contributed by atoms with Gasteiger partial charge >= 0.3 is 0 Å². The molecule has 1 heterocycles. The van der Waals surface area contributed by atoms with Gasteiger partial charge in [0.1, 0.15) is 11.6 Å². The van der Waals surface area contributed by atoms with Crippen molar-refractivity contribution in [3.8, 4) is 6.07 Å². The zero-order valence-corrected chi connectivity index (χ0v) is 15.0. The van der Waals surface area contributed by atoms with Gasteiger partial charge in [0.05, 0.1) is 0 Å². The summed E-state index contributed by atoms with van der Waals surface area (Å²) < 4.78 is 0. The van der Waals surface area contributed by atoms with Gasteiger partial charge in [0.2, 0.25) is 0 Å². The normalized spacial score (nSPS) is 14.7. The third kappa shape index (κ3) is 4.56. The molecule has 1 saturated heterocycles. The predicted octanol–water partition coefficient (Wildman–Crippen LogP) is 3.51. The van der Waals surface area contributed by atoms with Crippen molar-refractivity contribution in [1.29, 1.82) is 5.26 Å². The number of carbonyl (C=O) groups is 1. The fourth-order valence-corrected chi connectivity index (χ4v) is 2.93. The van der Waals surface area contributed by atoms with E-state index in [0.717, 1.165) is 26.2 Å². The van der Waals surface area contributed by atoms with Crippen molar-refractivity contribution in [3.05, 3.63) is 71.4 Å². The van der Waals surface area contributed by atoms with E-state index < -0.39 is 5.91 Å². The smallest absolute Gasteiger partial charge is 0.267 e. The Morgan fingerprint density at radius 3 is 2.31 bits per heavy atom. The van der Waals surface area contributed by atoms with Gasteiger partial charge in [-0.2, -0.15) is 5.26 Å². The van der Waals surface area contributed by atoms with Crippen molar-refractivity contribution in [2.75, 3.05) is 36.4 Å². The van der Waals surface area contributed by atoms with Crippen molar-refractivity contribution in [3.63, 3.8) is 0 Å². The van der Waals surface area contributed by atoms with Gasteiger partial charge in [-0.05, 0) is 36.4 Å². The highest BCUT2D eigenvalue weighted by molar-refractivity contribution is 6.30.